The van der Waals surface area contributed by atoms with Crippen molar-refractivity contribution in [1.29, 1.82) is 0 Å². The summed E-state index contributed by atoms with van der Waals surface area (Å²) in [6.45, 7) is 0.422. The van der Waals surface area contributed by atoms with Crippen LogP contribution in [0.5, 0.6) is 0 Å². The number of amides is 1. The fourth-order valence-electron chi connectivity index (χ4n) is 4.27. The minimum Gasteiger partial charge on any atom is -0.477 e. The first kappa shape index (κ1) is 22.9. The maximum absolute atomic E-state index is 12.2. The molecule has 1 aliphatic carbocycles. The number of hydrogen-bond acceptors (Lipinski definition) is 3. The van der Waals surface area contributed by atoms with Gasteiger partial charge in [0, 0.05) is 46.2 Å². The molecule has 7 heteroatoms. The molecular formula is C25H27BrN2O3S. The van der Waals surface area contributed by atoms with Crippen LogP contribution >= 0.6 is 27.7 Å². The number of benzene rings is 2. The molecule has 0 spiro atoms. The van der Waals surface area contributed by atoms with E-state index in [1.54, 1.807) is 37.2 Å². The maximum Gasteiger partial charge on any atom is 0.352 e. The molecule has 0 unspecified atom stereocenters. The van der Waals surface area contributed by atoms with Crippen LogP contribution in [0.25, 0.3) is 10.9 Å². The number of aromatic carboxylic acids is 1. The quantitative estimate of drug-likeness (QED) is 0.420. The first-order valence-electron chi connectivity index (χ1n) is 10.9. The van der Waals surface area contributed by atoms with Gasteiger partial charge in [-0.1, -0.05) is 47.3 Å². The second kappa shape index (κ2) is 9.71. The van der Waals surface area contributed by atoms with Gasteiger partial charge >= 0.3 is 5.97 Å². The number of carbonyl (C=O) groups excluding carboxylic acids is 1. The first-order valence-corrected chi connectivity index (χ1v) is 12.5. The van der Waals surface area contributed by atoms with Crippen molar-refractivity contribution < 1.29 is 14.7 Å². The number of halogens is 1. The van der Waals surface area contributed by atoms with E-state index in [9.17, 15) is 14.7 Å². The predicted octanol–water partition coefficient (Wildman–Crippen LogP) is 6.28. The van der Waals surface area contributed by atoms with Crippen LogP contribution in [-0.2, 0) is 6.54 Å². The van der Waals surface area contributed by atoms with Gasteiger partial charge < -0.3 is 14.6 Å². The molecule has 0 atom stereocenters. The van der Waals surface area contributed by atoms with Gasteiger partial charge in [-0.3, -0.25) is 4.79 Å². The highest BCUT2D eigenvalue weighted by atomic mass is 79.9. The number of nitrogens with zero attached hydrogens (tertiary/aromatic N) is 2. The van der Waals surface area contributed by atoms with E-state index in [1.807, 2.05) is 28.5 Å². The number of rotatable bonds is 6. The molecule has 1 N–H and O–H groups in total. The van der Waals surface area contributed by atoms with E-state index in [2.05, 4.69) is 28.1 Å². The van der Waals surface area contributed by atoms with E-state index in [-0.39, 0.29) is 11.6 Å². The minimum atomic E-state index is -0.950. The summed E-state index contributed by atoms with van der Waals surface area (Å²) >= 11 is 5.57. The molecule has 4 rings (SSSR count). The van der Waals surface area contributed by atoms with E-state index in [0.717, 1.165) is 20.9 Å². The first-order chi connectivity index (χ1) is 15.3. The summed E-state index contributed by atoms with van der Waals surface area (Å²) in [7, 11) is 3.45. The highest BCUT2D eigenvalue weighted by molar-refractivity contribution is 9.10. The lowest BCUT2D eigenvalue weighted by Crippen LogP contribution is -2.21. The fraction of sp³-hybridized carbons (Fsp3) is 0.360. The number of hydrogen-bond donors (Lipinski definition) is 1. The molecule has 0 aliphatic heterocycles. The van der Waals surface area contributed by atoms with Gasteiger partial charge in [-0.05, 0) is 48.7 Å². The topological polar surface area (TPSA) is 62.5 Å². The lowest BCUT2D eigenvalue weighted by atomic mass is 10.0. The van der Waals surface area contributed by atoms with Crippen LogP contribution in [0.2, 0.25) is 0 Å². The van der Waals surface area contributed by atoms with E-state index in [4.69, 9.17) is 0 Å². The molecule has 1 fully saturated rings. The van der Waals surface area contributed by atoms with Crippen LogP contribution < -0.4 is 0 Å². The molecule has 32 heavy (non-hydrogen) atoms. The van der Waals surface area contributed by atoms with E-state index in [1.165, 1.54) is 37.0 Å². The molecule has 5 nitrogen and oxygen atoms in total. The zero-order valence-electron chi connectivity index (χ0n) is 18.3. The van der Waals surface area contributed by atoms with Gasteiger partial charge in [0.1, 0.15) is 5.69 Å². The molecule has 1 aliphatic rings. The highest BCUT2D eigenvalue weighted by Crippen LogP contribution is 2.38. The summed E-state index contributed by atoms with van der Waals surface area (Å²) < 4.78 is 2.78. The van der Waals surface area contributed by atoms with Gasteiger partial charge in [0.05, 0.1) is 5.52 Å². The van der Waals surface area contributed by atoms with Crippen LogP contribution in [0.4, 0.5) is 0 Å². The monoisotopic (exact) mass is 514 g/mol. The van der Waals surface area contributed by atoms with E-state index >= 15 is 0 Å². The van der Waals surface area contributed by atoms with Crippen LogP contribution in [0.3, 0.4) is 0 Å². The number of carboxylic acid groups (broad SMARTS) is 1. The van der Waals surface area contributed by atoms with Crippen LogP contribution in [0.1, 0.15) is 58.5 Å². The minimum absolute atomic E-state index is 0.0532. The lowest BCUT2D eigenvalue weighted by molar-refractivity contribution is 0.0685. The summed E-state index contributed by atoms with van der Waals surface area (Å²) in [5.74, 6) is -1.00. The summed E-state index contributed by atoms with van der Waals surface area (Å²) in [6.07, 6.45) is 6.36. The van der Waals surface area contributed by atoms with Crippen LogP contribution in [-0.4, -0.2) is 45.8 Å². The Kier molecular flexibility index (Phi) is 6.96. The third-order valence-corrected chi connectivity index (χ3v) is 7.93. The molecule has 0 radical (unpaired) electrons. The van der Waals surface area contributed by atoms with Crippen molar-refractivity contribution in [3.8, 4) is 0 Å². The Morgan fingerprint density at radius 2 is 1.78 bits per heavy atom. The summed E-state index contributed by atoms with van der Waals surface area (Å²) in [6, 6.07) is 13.3. The van der Waals surface area contributed by atoms with Crippen molar-refractivity contribution in [1.82, 2.24) is 9.47 Å². The molecule has 2 aromatic carbocycles. The third-order valence-electron chi connectivity index (χ3n) is 5.97. The second-order valence-electron chi connectivity index (χ2n) is 8.53. The fourth-order valence-corrected chi connectivity index (χ4v) is 6.31. The van der Waals surface area contributed by atoms with Crippen molar-refractivity contribution in [2.45, 2.75) is 48.8 Å². The Hall–Kier alpha value is -2.25. The molecule has 3 aromatic rings. The molecule has 0 bridgehead atoms. The van der Waals surface area contributed by atoms with Gasteiger partial charge in [-0.15, -0.1) is 11.8 Å². The SMILES string of the molecule is CN(C)C(=O)c1ccc(Cn2c(C(=O)O)cc3c(Br)cc(SC4CCCCC4)cc32)cc1. The molecule has 168 valence electrons. The summed E-state index contributed by atoms with van der Waals surface area (Å²) in [5, 5.41) is 11.4. The van der Waals surface area contributed by atoms with Crippen molar-refractivity contribution in [3.63, 3.8) is 0 Å². The molecular weight excluding hydrogens is 488 g/mol. The Morgan fingerprint density at radius 1 is 1.09 bits per heavy atom. The highest BCUT2D eigenvalue weighted by Gasteiger charge is 2.20. The van der Waals surface area contributed by atoms with Gasteiger partial charge in [-0.2, -0.15) is 0 Å². The molecule has 1 amide bonds. The number of aromatic nitrogens is 1. The standard InChI is InChI=1S/C25H27BrN2O3S/c1-27(2)24(29)17-10-8-16(9-11-17)15-28-22-13-19(32-18-6-4-3-5-7-18)12-21(26)20(22)14-23(28)25(30)31/h8-14,18H,3-7,15H2,1-2H3,(H,30,31). The second-order valence-corrected chi connectivity index (χ2v) is 10.8. The average Bonchev–Trinajstić information content (AvgIpc) is 3.13. The normalized spacial score (nSPS) is 14.6. The average molecular weight is 515 g/mol. The zero-order chi connectivity index (χ0) is 22.8. The lowest BCUT2D eigenvalue weighted by Gasteiger charge is -2.21. The Labute approximate surface area is 200 Å². The van der Waals surface area contributed by atoms with Gasteiger partial charge in [0.2, 0.25) is 0 Å². The molecule has 1 aromatic heterocycles. The largest absolute Gasteiger partial charge is 0.477 e. The Morgan fingerprint density at radius 3 is 2.41 bits per heavy atom. The Bertz CT molecular complexity index is 1150. The Balaban J connectivity index is 1.69. The van der Waals surface area contributed by atoms with Gasteiger partial charge in [-0.25, -0.2) is 4.79 Å². The molecule has 0 saturated heterocycles. The number of fused-ring (bicyclic) bond motifs is 1. The molecule has 1 heterocycles. The zero-order valence-corrected chi connectivity index (χ0v) is 20.7. The van der Waals surface area contributed by atoms with Crippen LogP contribution in [0.15, 0.2) is 51.8 Å². The van der Waals surface area contributed by atoms with E-state index < -0.39 is 5.97 Å². The van der Waals surface area contributed by atoms with Crippen molar-refractivity contribution in [2.24, 2.45) is 0 Å². The number of carbonyl (C=O) groups is 2. The molecule has 1 saturated carbocycles. The van der Waals surface area contributed by atoms with Gasteiger partial charge in [0.25, 0.3) is 5.91 Å². The van der Waals surface area contributed by atoms with Crippen molar-refractivity contribution in [2.75, 3.05) is 14.1 Å². The maximum atomic E-state index is 12.2. The smallest absolute Gasteiger partial charge is 0.352 e. The van der Waals surface area contributed by atoms with Crippen LogP contribution in [0, 0.1) is 0 Å². The number of carboxylic acids is 1. The van der Waals surface area contributed by atoms with Crippen molar-refractivity contribution >= 4 is 50.5 Å². The predicted molar refractivity (Wildman–Crippen MR) is 133 cm³/mol. The van der Waals surface area contributed by atoms with E-state index in [0.29, 0.717) is 17.4 Å². The summed E-state index contributed by atoms with van der Waals surface area (Å²) in [4.78, 5) is 26.9. The van der Waals surface area contributed by atoms with Crippen molar-refractivity contribution in [3.05, 3.63) is 63.8 Å². The third kappa shape index (κ3) is 4.89. The number of thioether (sulfide) groups is 1. The van der Waals surface area contributed by atoms with Gasteiger partial charge in [0.15, 0.2) is 0 Å². The summed E-state index contributed by atoms with van der Waals surface area (Å²) in [5.41, 5.74) is 2.72.